The van der Waals surface area contributed by atoms with Crippen LogP contribution < -0.4 is 10.6 Å². The molecular formula is C15H24IN7S. The van der Waals surface area contributed by atoms with Crippen molar-refractivity contribution in [2.24, 2.45) is 4.99 Å². The van der Waals surface area contributed by atoms with Gasteiger partial charge in [-0.15, -0.1) is 35.3 Å². The molecule has 0 aromatic carbocycles. The van der Waals surface area contributed by atoms with Crippen molar-refractivity contribution in [3.63, 3.8) is 0 Å². The van der Waals surface area contributed by atoms with Crippen LogP contribution >= 0.6 is 35.3 Å². The van der Waals surface area contributed by atoms with Crippen LogP contribution in [0.5, 0.6) is 0 Å². The van der Waals surface area contributed by atoms with E-state index in [9.17, 15) is 0 Å². The highest BCUT2D eigenvalue weighted by Gasteiger charge is 2.21. The first-order valence-electron chi connectivity index (χ1n) is 7.99. The Balaban J connectivity index is 0.00000208. The predicted molar refractivity (Wildman–Crippen MR) is 107 cm³/mol. The molecule has 0 bridgehead atoms. The highest BCUT2D eigenvalue weighted by atomic mass is 127. The van der Waals surface area contributed by atoms with Crippen LogP contribution in [0.4, 0.5) is 0 Å². The quantitative estimate of drug-likeness (QED) is 0.413. The summed E-state index contributed by atoms with van der Waals surface area (Å²) < 4.78 is 2.00. The molecule has 0 radical (unpaired) electrons. The molecule has 0 saturated carbocycles. The van der Waals surface area contributed by atoms with Gasteiger partial charge in [0.05, 0.1) is 13.1 Å². The first kappa shape index (κ1) is 19.1. The van der Waals surface area contributed by atoms with E-state index in [4.69, 9.17) is 0 Å². The number of halogens is 1. The molecule has 1 atom stereocenters. The van der Waals surface area contributed by atoms with Gasteiger partial charge in [-0.25, -0.2) is 14.6 Å². The zero-order valence-corrected chi connectivity index (χ0v) is 17.4. The second kappa shape index (κ2) is 8.75. The molecule has 1 aliphatic rings. The summed E-state index contributed by atoms with van der Waals surface area (Å²) in [6.45, 7) is 5.61. The van der Waals surface area contributed by atoms with Crippen LogP contribution in [0.15, 0.2) is 11.2 Å². The number of thiazole rings is 1. The molecule has 0 saturated heterocycles. The van der Waals surface area contributed by atoms with Crippen molar-refractivity contribution < 1.29 is 0 Å². The molecule has 1 unspecified atom stereocenters. The van der Waals surface area contributed by atoms with E-state index in [0.717, 1.165) is 48.4 Å². The summed E-state index contributed by atoms with van der Waals surface area (Å²) in [7, 11) is 1.79. The van der Waals surface area contributed by atoms with Gasteiger partial charge in [0.2, 0.25) is 0 Å². The van der Waals surface area contributed by atoms with Gasteiger partial charge in [0, 0.05) is 30.6 Å². The lowest BCUT2D eigenvalue weighted by molar-refractivity contribution is 0.392. The number of nitrogens with one attached hydrogen (secondary N) is 2. The van der Waals surface area contributed by atoms with Crippen LogP contribution in [0.3, 0.4) is 0 Å². The average Bonchev–Trinajstić information content (AvgIpc) is 3.16. The first-order valence-corrected chi connectivity index (χ1v) is 8.80. The van der Waals surface area contributed by atoms with E-state index >= 15 is 0 Å². The van der Waals surface area contributed by atoms with E-state index in [0.29, 0.717) is 12.6 Å². The molecule has 2 aromatic heterocycles. The number of rotatable bonds is 4. The molecule has 1 aliphatic heterocycles. The maximum absolute atomic E-state index is 4.44. The fourth-order valence-corrected chi connectivity index (χ4v) is 3.49. The lowest BCUT2D eigenvalue weighted by atomic mass is 10.1. The Hall–Kier alpha value is -1.23. The van der Waals surface area contributed by atoms with Crippen LogP contribution in [0.1, 0.15) is 34.9 Å². The standard InChI is InChI=1S/C15H23N7S.HI/c1-4-12-7-17-14(23-12)8-18-15(16-3)20-11-5-6-13-19-10(2)21-22(13)9-11;/h7,11H,4-6,8-9H2,1-3H3,(H2,16,18,20);1H. The molecule has 132 valence electrons. The second-order valence-corrected chi connectivity index (χ2v) is 6.84. The van der Waals surface area contributed by atoms with E-state index in [1.807, 2.05) is 17.8 Å². The molecule has 2 aromatic rings. The number of fused-ring (bicyclic) bond motifs is 1. The van der Waals surface area contributed by atoms with Gasteiger partial charge in [0.25, 0.3) is 0 Å². The monoisotopic (exact) mass is 461 g/mol. The lowest BCUT2D eigenvalue weighted by Gasteiger charge is -2.25. The van der Waals surface area contributed by atoms with Crippen LogP contribution in [0, 0.1) is 6.92 Å². The highest BCUT2D eigenvalue weighted by molar-refractivity contribution is 14.0. The topological polar surface area (TPSA) is 80.0 Å². The first-order chi connectivity index (χ1) is 11.2. The number of nitrogens with zero attached hydrogens (tertiary/aromatic N) is 5. The molecule has 3 rings (SSSR count). The van der Waals surface area contributed by atoms with Crippen molar-refractivity contribution in [1.29, 1.82) is 0 Å². The van der Waals surface area contributed by atoms with Crippen molar-refractivity contribution in [3.05, 3.63) is 27.7 Å². The van der Waals surface area contributed by atoms with Gasteiger partial charge in [0.15, 0.2) is 5.96 Å². The Kier molecular flexibility index (Phi) is 6.96. The Bertz CT molecular complexity index is 694. The Morgan fingerprint density at radius 1 is 1.50 bits per heavy atom. The van der Waals surface area contributed by atoms with E-state index < -0.39 is 0 Å². The minimum absolute atomic E-state index is 0. The van der Waals surface area contributed by atoms with Crippen molar-refractivity contribution >= 4 is 41.3 Å². The Morgan fingerprint density at radius 3 is 3.04 bits per heavy atom. The number of aliphatic imine (C=N–C) groups is 1. The number of aromatic nitrogens is 4. The molecule has 0 spiro atoms. The summed E-state index contributed by atoms with van der Waals surface area (Å²) in [4.78, 5) is 14.5. The summed E-state index contributed by atoms with van der Waals surface area (Å²) in [6, 6.07) is 0.317. The predicted octanol–water partition coefficient (Wildman–Crippen LogP) is 1.90. The SMILES string of the molecule is CCc1cnc(CNC(=NC)NC2CCc3nc(C)nn3C2)s1.I. The van der Waals surface area contributed by atoms with E-state index in [-0.39, 0.29) is 24.0 Å². The second-order valence-electron chi connectivity index (χ2n) is 5.64. The Morgan fingerprint density at radius 2 is 2.33 bits per heavy atom. The number of hydrogen-bond acceptors (Lipinski definition) is 5. The minimum atomic E-state index is 0. The third-order valence-electron chi connectivity index (χ3n) is 3.89. The molecule has 24 heavy (non-hydrogen) atoms. The van der Waals surface area contributed by atoms with Gasteiger partial charge in [-0.05, 0) is 19.8 Å². The number of guanidine groups is 1. The molecular weight excluding hydrogens is 437 g/mol. The fraction of sp³-hybridized carbons (Fsp3) is 0.600. The van der Waals surface area contributed by atoms with Crippen LogP contribution in [0.2, 0.25) is 0 Å². The summed E-state index contributed by atoms with van der Waals surface area (Å²) in [5, 5.41) is 12.3. The third kappa shape index (κ3) is 4.65. The average molecular weight is 461 g/mol. The third-order valence-corrected chi connectivity index (χ3v) is 5.03. The van der Waals surface area contributed by atoms with E-state index in [1.165, 1.54) is 4.88 Å². The fourth-order valence-electron chi connectivity index (χ4n) is 2.69. The highest BCUT2D eigenvalue weighted by Crippen LogP contribution is 2.14. The summed E-state index contributed by atoms with van der Waals surface area (Å²) in [5.74, 6) is 2.74. The zero-order valence-electron chi connectivity index (χ0n) is 14.2. The van der Waals surface area contributed by atoms with Crippen LogP contribution in [-0.4, -0.2) is 38.8 Å². The lowest BCUT2D eigenvalue weighted by Crippen LogP contribution is -2.46. The van der Waals surface area contributed by atoms with Gasteiger partial charge < -0.3 is 10.6 Å². The van der Waals surface area contributed by atoms with Gasteiger partial charge >= 0.3 is 0 Å². The van der Waals surface area contributed by atoms with E-state index in [2.05, 4.69) is 37.6 Å². The van der Waals surface area contributed by atoms with Crippen molar-refractivity contribution in [2.75, 3.05) is 7.05 Å². The van der Waals surface area contributed by atoms with Crippen molar-refractivity contribution in [1.82, 2.24) is 30.4 Å². The van der Waals surface area contributed by atoms with Gasteiger partial charge in [-0.1, -0.05) is 6.92 Å². The normalized spacial score (nSPS) is 17.1. The smallest absolute Gasteiger partial charge is 0.191 e. The largest absolute Gasteiger partial charge is 0.352 e. The minimum Gasteiger partial charge on any atom is -0.352 e. The molecule has 0 amide bonds. The zero-order chi connectivity index (χ0) is 16.2. The van der Waals surface area contributed by atoms with Crippen LogP contribution in [0.25, 0.3) is 0 Å². The molecule has 3 heterocycles. The number of hydrogen-bond donors (Lipinski definition) is 2. The summed E-state index contributed by atoms with van der Waals surface area (Å²) in [6.07, 6.45) is 4.97. The summed E-state index contributed by atoms with van der Waals surface area (Å²) >= 11 is 1.75. The molecule has 0 fully saturated rings. The van der Waals surface area contributed by atoms with Gasteiger partial charge in [-0.3, -0.25) is 4.99 Å². The van der Waals surface area contributed by atoms with Crippen molar-refractivity contribution in [3.8, 4) is 0 Å². The molecule has 0 aliphatic carbocycles. The van der Waals surface area contributed by atoms with Gasteiger partial charge in [0.1, 0.15) is 16.7 Å². The maximum Gasteiger partial charge on any atom is 0.191 e. The van der Waals surface area contributed by atoms with Crippen LogP contribution in [-0.2, 0) is 25.9 Å². The maximum atomic E-state index is 4.44. The van der Waals surface area contributed by atoms with Crippen molar-refractivity contribution in [2.45, 2.75) is 52.2 Å². The molecule has 2 N–H and O–H groups in total. The molecule has 9 heteroatoms. The summed E-state index contributed by atoms with van der Waals surface area (Å²) in [5.41, 5.74) is 0. The van der Waals surface area contributed by atoms with E-state index in [1.54, 1.807) is 18.4 Å². The molecule has 7 nitrogen and oxygen atoms in total. The Labute approximate surface area is 163 Å². The van der Waals surface area contributed by atoms with Gasteiger partial charge in [-0.2, -0.15) is 5.10 Å². The number of aryl methyl sites for hydroxylation is 3.